The van der Waals surface area contributed by atoms with Crippen molar-refractivity contribution in [3.63, 3.8) is 0 Å². The van der Waals surface area contributed by atoms with Crippen LogP contribution in [0.1, 0.15) is 35.2 Å². The van der Waals surface area contributed by atoms with Crippen LogP contribution in [0.5, 0.6) is 5.75 Å². The maximum Gasteiger partial charge on any atom is 0.333 e. The lowest BCUT2D eigenvalue weighted by Gasteiger charge is -2.31. The molecular weight excluding hydrogens is 422 g/mol. The number of aliphatic hydroxyl groups is 2. The van der Waals surface area contributed by atoms with E-state index >= 15 is 0 Å². The number of benzene rings is 1. The molecule has 0 spiro atoms. The summed E-state index contributed by atoms with van der Waals surface area (Å²) in [5.74, 6) is 0.949. The molecule has 3 atom stereocenters. The minimum atomic E-state index is -1.20. The first-order valence-electron chi connectivity index (χ1n) is 10.3. The number of rotatable bonds is 13. The highest BCUT2D eigenvalue weighted by Crippen LogP contribution is 2.27. The van der Waals surface area contributed by atoms with Gasteiger partial charge in [-0.3, -0.25) is 4.79 Å². The summed E-state index contributed by atoms with van der Waals surface area (Å²) in [6.45, 7) is 1.44. The Labute approximate surface area is 186 Å². The molecule has 1 heterocycles. The monoisotopic (exact) mass is 451 g/mol. The number of aliphatic hydroxyl groups excluding tert-OH is 2. The summed E-state index contributed by atoms with van der Waals surface area (Å²) in [6, 6.07) is 4.53. The molecule has 1 amide bonds. The third-order valence-electron chi connectivity index (χ3n) is 4.57. The standard InChI is InChI=1S/C22H29NO9/c1-2-3-7-29-9-10-30-8-6-23-21(26)17-11-15(14-24)4-5-18(17)31-20-13-16(25)12-19(32-20)22(27)28/h1,4-5,11,16,19-20,24-25H,3,6-10,12-14H2,(H,23,26)(H,27,28). The molecule has 32 heavy (non-hydrogen) atoms. The van der Waals surface area contributed by atoms with Gasteiger partial charge in [0.25, 0.3) is 5.91 Å². The van der Waals surface area contributed by atoms with Gasteiger partial charge in [-0.25, -0.2) is 4.79 Å². The van der Waals surface area contributed by atoms with E-state index in [0.29, 0.717) is 31.8 Å². The van der Waals surface area contributed by atoms with E-state index in [1.54, 1.807) is 6.07 Å². The van der Waals surface area contributed by atoms with E-state index in [4.69, 9.17) is 30.5 Å². The van der Waals surface area contributed by atoms with Crippen LogP contribution in [0.2, 0.25) is 0 Å². The van der Waals surface area contributed by atoms with Crippen LogP contribution in [-0.4, -0.2) is 78.7 Å². The number of carbonyl (C=O) groups excluding carboxylic acids is 1. The van der Waals surface area contributed by atoms with Gasteiger partial charge in [-0.05, 0) is 17.7 Å². The van der Waals surface area contributed by atoms with Crippen molar-refractivity contribution >= 4 is 11.9 Å². The molecule has 0 radical (unpaired) electrons. The molecule has 0 aliphatic carbocycles. The number of carboxylic acid groups (broad SMARTS) is 1. The fraction of sp³-hybridized carbons (Fsp3) is 0.545. The number of hydrogen-bond acceptors (Lipinski definition) is 8. The van der Waals surface area contributed by atoms with Gasteiger partial charge >= 0.3 is 5.97 Å². The van der Waals surface area contributed by atoms with Gasteiger partial charge in [-0.1, -0.05) is 6.07 Å². The van der Waals surface area contributed by atoms with E-state index in [2.05, 4.69) is 11.2 Å². The molecule has 10 nitrogen and oxygen atoms in total. The van der Waals surface area contributed by atoms with E-state index in [1.165, 1.54) is 12.1 Å². The Hall–Kier alpha value is -2.68. The average molecular weight is 451 g/mol. The van der Waals surface area contributed by atoms with E-state index < -0.39 is 30.4 Å². The SMILES string of the molecule is C#CCCOCCOCCNC(=O)c1cc(CO)ccc1OC1CC(O)CC(C(=O)O)O1. The van der Waals surface area contributed by atoms with E-state index in [0.717, 1.165) is 0 Å². The van der Waals surface area contributed by atoms with E-state index in [9.17, 15) is 19.8 Å². The summed E-state index contributed by atoms with van der Waals surface area (Å²) in [6.07, 6.45) is 2.53. The van der Waals surface area contributed by atoms with Gasteiger partial charge < -0.3 is 39.6 Å². The Balaban J connectivity index is 1.90. The first-order valence-corrected chi connectivity index (χ1v) is 10.3. The molecule has 10 heteroatoms. The van der Waals surface area contributed by atoms with Crippen LogP contribution >= 0.6 is 0 Å². The lowest BCUT2D eigenvalue weighted by Crippen LogP contribution is -2.42. The van der Waals surface area contributed by atoms with Crippen molar-refractivity contribution in [2.24, 2.45) is 0 Å². The van der Waals surface area contributed by atoms with Crippen LogP contribution < -0.4 is 10.1 Å². The lowest BCUT2D eigenvalue weighted by molar-refractivity contribution is -0.195. The normalized spacial score (nSPS) is 20.3. The van der Waals surface area contributed by atoms with Gasteiger partial charge in [-0.2, -0.15) is 0 Å². The molecule has 1 aromatic rings. The summed E-state index contributed by atoms with van der Waals surface area (Å²) in [7, 11) is 0. The summed E-state index contributed by atoms with van der Waals surface area (Å²) in [5, 5.41) is 31.2. The average Bonchev–Trinajstić information content (AvgIpc) is 2.77. The van der Waals surface area contributed by atoms with E-state index in [1.807, 2.05) is 0 Å². The number of aliphatic carboxylic acids is 1. The molecule has 2 rings (SSSR count). The first-order chi connectivity index (χ1) is 15.4. The van der Waals surface area contributed by atoms with Gasteiger partial charge in [-0.15, -0.1) is 12.3 Å². The van der Waals surface area contributed by atoms with Gasteiger partial charge in [0.1, 0.15) is 5.75 Å². The van der Waals surface area contributed by atoms with Crippen molar-refractivity contribution in [3.8, 4) is 18.1 Å². The van der Waals surface area contributed by atoms with Gasteiger partial charge in [0.2, 0.25) is 6.29 Å². The zero-order valence-corrected chi connectivity index (χ0v) is 17.7. The highest BCUT2D eigenvalue weighted by Gasteiger charge is 2.34. The predicted molar refractivity (Wildman–Crippen MR) is 112 cm³/mol. The zero-order valence-electron chi connectivity index (χ0n) is 17.7. The molecule has 176 valence electrons. The second-order valence-corrected chi connectivity index (χ2v) is 7.06. The summed E-state index contributed by atoms with van der Waals surface area (Å²) in [4.78, 5) is 23.9. The maximum absolute atomic E-state index is 12.7. The third kappa shape index (κ3) is 8.45. The van der Waals surface area contributed by atoms with Crippen LogP contribution in [0.25, 0.3) is 0 Å². The van der Waals surface area contributed by atoms with E-state index in [-0.39, 0.29) is 43.9 Å². The highest BCUT2D eigenvalue weighted by molar-refractivity contribution is 5.97. The Morgan fingerprint density at radius 2 is 1.94 bits per heavy atom. The molecule has 1 aliphatic rings. The van der Waals surface area contributed by atoms with Crippen molar-refractivity contribution in [1.82, 2.24) is 5.32 Å². The molecule has 0 aromatic heterocycles. The Morgan fingerprint density at radius 1 is 1.19 bits per heavy atom. The van der Waals surface area contributed by atoms with Crippen LogP contribution in [-0.2, 0) is 25.6 Å². The van der Waals surface area contributed by atoms with Gasteiger partial charge in [0.15, 0.2) is 6.10 Å². The number of carboxylic acids is 1. The molecule has 1 aliphatic heterocycles. The van der Waals surface area contributed by atoms with Crippen LogP contribution in [0.4, 0.5) is 0 Å². The van der Waals surface area contributed by atoms with Crippen LogP contribution in [0.3, 0.4) is 0 Å². The number of amides is 1. The quantitative estimate of drug-likeness (QED) is 0.246. The topological polar surface area (TPSA) is 144 Å². The van der Waals surface area contributed by atoms with Crippen molar-refractivity contribution < 1.29 is 43.9 Å². The molecule has 3 unspecified atom stereocenters. The summed E-state index contributed by atoms with van der Waals surface area (Å²) >= 11 is 0. The van der Waals surface area contributed by atoms with Crippen LogP contribution in [0.15, 0.2) is 18.2 Å². The van der Waals surface area contributed by atoms with Crippen molar-refractivity contribution in [1.29, 1.82) is 0 Å². The number of ether oxygens (including phenoxy) is 4. The minimum absolute atomic E-state index is 0.0407. The smallest absolute Gasteiger partial charge is 0.333 e. The molecule has 1 fully saturated rings. The third-order valence-corrected chi connectivity index (χ3v) is 4.57. The van der Waals surface area contributed by atoms with Gasteiger partial charge in [0, 0.05) is 25.8 Å². The Bertz CT molecular complexity index is 792. The largest absolute Gasteiger partial charge is 0.479 e. The Morgan fingerprint density at radius 3 is 2.62 bits per heavy atom. The van der Waals surface area contributed by atoms with Crippen molar-refractivity contribution in [2.75, 3.05) is 33.0 Å². The fourth-order valence-corrected chi connectivity index (χ4v) is 2.98. The highest BCUT2D eigenvalue weighted by atomic mass is 16.7. The number of carbonyl (C=O) groups is 2. The maximum atomic E-state index is 12.7. The second kappa shape index (κ2) is 13.7. The molecule has 1 aromatic carbocycles. The number of hydrogen-bond donors (Lipinski definition) is 4. The van der Waals surface area contributed by atoms with Crippen LogP contribution in [0, 0.1) is 12.3 Å². The molecule has 4 N–H and O–H groups in total. The fourth-order valence-electron chi connectivity index (χ4n) is 2.98. The molecule has 1 saturated heterocycles. The number of nitrogens with one attached hydrogen (secondary N) is 1. The van der Waals surface area contributed by atoms with Gasteiger partial charge in [0.05, 0.1) is 44.7 Å². The Kier molecular flexibility index (Phi) is 10.9. The van der Waals surface area contributed by atoms with Crippen molar-refractivity contribution in [2.45, 2.75) is 44.4 Å². The lowest BCUT2D eigenvalue weighted by atomic mass is 10.0. The predicted octanol–water partition coefficient (Wildman–Crippen LogP) is 0.295. The summed E-state index contributed by atoms with van der Waals surface area (Å²) < 4.78 is 21.7. The summed E-state index contributed by atoms with van der Waals surface area (Å²) in [5.41, 5.74) is 0.639. The molecule has 0 saturated carbocycles. The zero-order chi connectivity index (χ0) is 23.3. The molecule has 0 bridgehead atoms. The number of terminal acetylenes is 1. The molecular formula is C22H29NO9. The first kappa shape index (κ1) is 25.6. The second-order valence-electron chi connectivity index (χ2n) is 7.06. The van der Waals surface area contributed by atoms with Crippen molar-refractivity contribution in [3.05, 3.63) is 29.3 Å². The minimum Gasteiger partial charge on any atom is -0.479 e.